The molecule has 150 valence electrons. The minimum Gasteiger partial charge on any atom is -0.504 e. The molecule has 3 aromatic rings. The monoisotopic (exact) mass is 391 g/mol. The summed E-state index contributed by atoms with van der Waals surface area (Å²) >= 11 is 0. The molecule has 0 aliphatic carbocycles. The van der Waals surface area contributed by atoms with Gasteiger partial charge in [-0.1, -0.05) is 29.8 Å². The third kappa shape index (κ3) is 4.55. The first-order chi connectivity index (χ1) is 14.1. The van der Waals surface area contributed by atoms with Gasteiger partial charge in [-0.2, -0.15) is 0 Å². The summed E-state index contributed by atoms with van der Waals surface area (Å²) in [6.45, 7) is 5.15. The van der Waals surface area contributed by atoms with Gasteiger partial charge in [0, 0.05) is 50.3 Å². The van der Waals surface area contributed by atoms with Crippen molar-refractivity contribution in [2.45, 2.75) is 26.6 Å². The van der Waals surface area contributed by atoms with Crippen LogP contribution in [-0.4, -0.2) is 40.2 Å². The third-order valence-corrected chi connectivity index (χ3v) is 5.02. The molecule has 0 atom stereocenters. The third-order valence-electron chi connectivity index (χ3n) is 5.02. The summed E-state index contributed by atoms with van der Waals surface area (Å²) in [5, 5.41) is 10.6. The number of aromatic hydroxyl groups is 1. The van der Waals surface area contributed by atoms with Gasteiger partial charge < -0.3 is 14.6 Å². The number of fused-ring (bicyclic) bond motifs is 1. The van der Waals surface area contributed by atoms with Crippen LogP contribution >= 0.6 is 0 Å². The van der Waals surface area contributed by atoms with E-state index in [1.54, 1.807) is 13.2 Å². The second kappa shape index (κ2) is 8.59. The van der Waals surface area contributed by atoms with Crippen molar-refractivity contribution in [2.75, 3.05) is 20.3 Å². The van der Waals surface area contributed by atoms with Gasteiger partial charge in [0.1, 0.15) is 13.2 Å². The molecule has 2 heterocycles. The van der Waals surface area contributed by atoms with Gasteiger partial charge in [-0.05, 0) is 30.2 Å². The van der Waals surface area contributed by atoms with Crippen molar-refractivity contribution in [3.05, 3.63) is 71.3 Å². The molecule has 0 amide bonds. The second-order valence-corrected chi connectivity index (χ2v) is 7.35. The molecule has 6 nitrogen and oxygen atoms in total. The Morgan fingerprint density at radius 3 is 2.59 bits per heavy atom. The minimum atomic E-state index is 0.187. The Labute approximate surface area is 170 Å². The highest BCUT2D eigenvalue weighted by molar-refractivity contribution is 5.69. The predicted octanol–water partition coefficient (Wildman–Crippen LogP) is 3.70. The summed E-state index contributed by atoms with van der Waals surface area (Å²) in [6.07, 6.45) is 3.68. The highest BCUT2D eigenvalue weighted by Gasteiger charge is 2.20. The lowest BCUT2D eigenvalue weighted by Crippen LogP contribution is -2.25. The van der Waals surface area contributed by atoms with Crippen molar-refractivity contribution >= 4 is 0 Å². The Hall–Kier alpha value is -2.96. The smallest absolute Gasteiger partial charge is 0.165 e. The molecule has 0 saturated carbocycles. The van der Waals surface area contributed by atoms with Crippen molar-refractivity contribution in [1.82, 2.24) is 14.9 Å². The van der Waals surface area contributed by atoms with Crippen molar-refractivity contribution in [3.8, 4) is 22.6 Å². The highest BCUT2D eigenvalue weighted by Crippen LogP contribution is 2.37. The molecule has 1 aliphatic rings. The van der Waals surface area contributed by atoms with Crippen LogP contribution in [0.25, 0.3) is 11.1 Å². The first-order valence-electron chi connectivity index (χ1n) is 9.69. The van der Waals surface area contributed by atoms with Crippen LogP contribution in [0.3, 0.4) is 0 Å². The molecular formula is C23H25N3O3. The van der Waals surface area contributed by atoms with Crippen molar-refractivity contribution in [1.29, 1.82) is 0 Å². The van der Waals surface area contributed by atoms with E-state index in [0.717, 1.165) is 28.8 Å². The Kier molecular flexibility index (Phi) is 5.74. The normalized spacial score (nSPS) is 14.1. The second-order valence-electron chi connectivity index (χ2n) is 7.35. The van der Waals surface area contributed by atoms with Crippen molar-refractivity contribution < 1.29 is 14.6 Å². The Bertz CT molecular complexity index is 972. The molecule has 0 radical (unpaired) electrons. The van der Waals surface area contributed by atoms with E-state index >= 15 is 0 Å². The van der Waals surface area contributed by atoms with E-state index in [1.165, 1.54) is 5.56 Å². The fourth-order valence-electron chi connectivity index (χ4n) is 3.53. The molecule has 4 rings (SSSR count). The van der Waals surface area contributed by atoms with Crippen molar-refractivity contribution in [2.24, 2.45) is 0 Å². The molecular weight excluding hydrogens is 366 g/mol. The van der Waals surface area contributed by atoms with Gasteiger partial charge in [0.05, 0.1) is 0 Å². The maximum absolute atomic E-state index is 10.6. The lowest BCUT2D eigenvalue weighted by atomic mass is 10.0. The average Bonchev–Trinajstić information content (AvgIpc) is 2.92. The van der Waals surface area contributed by atoms with E-state index in [-0.39, 0.29) is 5.75 Å². The number of phenols is 1. The fraction of sp³-hybridized carbons (Fsp3) is 0.304. The number of methoxy groups -OCH3 is 1. The van der Waals surface area contributed by atoms with Gasteiger partial charge in [-0.15, -0.1) is 0 Å². The summed E-state index contributed by atoms with van der Waals surface area (Å²) < 4.78 is 10.9. The molecule has 1 N–H and O–H groups in total. The summed E-state index contributed by atoms with van der Waals surface area (Å²) in [6, 6.07) is 12.2. The molecule has 0 saturated heterocycles. The van der Waals surface area contributed by atoms with Gasteiger partial charge in [-0.3, -0.25) is 4.90 Å². The number of benzene rings is 2. The summed E-state index contributed by atoms with van der Waals surface area (Å²) in [5.41, 5.74) is 5.29. The number of hydrogen-bond donors (Lipinski definition) is 1. The zero-order chi connectivity index (χ0) is 20.2. The topological polar surface area (TPSA) is 67.7 Å². The maximum Gasteiger partial charge on any atom is 0.165 e. The van der Waals surface area contributed by atoms with Gasteiger partial charge in [0.25, 0.3) is 0 Å². The van der Waals surface area contributed by atoms with E-state index in [4.69, 9.17) is 9.47 Å². The predicted molar refractivity (Wildman–Crippen MR) is 111 cm³/mol. The number of ether oxygens (including phenoxy) is 2. The fourth-order valence-corrected chi connectivity index (χ4v) is 3.53. The van der Waals surface area contributed by atoms with Crippen LogP contribution in [0.1, 0.15) is 22.5 Å². The molecule has 29 heavy (non-hydrogen) atoms. The molecule has 1 aliphatic heterocycles. The van der Waals surface area contributed by atoms with E-state index in [9.17, 15) is 5.11 Å². The van der Waals surface area contributed by atoms with Gasteiger partial charge in [0.2, 0.25) is 0 Å². The average molecular weight is 391 g/mol. The van der Waals surface area contributed by atoms with Crippen LogP contribution in [0.5, 0.6) is 11.5 Å². The number of aromatic nitrogens is 2. The summed E-state index contributed by atoms with van der Waals surface area (Å²) in [4.78, 5) is 11.0. The standard InChI is InChI=1S/C23H25N3O3/c1-16-3-5-18(6-4-16)19-9-20-14-26(7-8-29-23(20)21(27)10-19)13-17-11-24-22(15-28-2)25-12-17/h3-6,9-12,27H,7-8,13-15H2,1-2H3. The lowest BCUT2D eigenvalue weighted by molar-refractivity contribution is 0.177. The van der Waals surface area contributed by atoms with E-state index in [0.29, 0.717) is 37.9 Å². The first kappa shape index (κ1) is 19.4. The highest BCUT2D eigenvalue weighted by atomic mass is 16.5. The van der Waals surface area contributed by atoms with Crippen molar-refractivity contribution in [3.63, 3.8) is 0 Å². The number of phenolic OH excluding ortho intramolecular Hbond substituents is 1. The van der Waals surface area contributed by atoms with E-state index < -0.39 is 0 Å². The number of aryl methyl sites for hydroxylation is 1. The Morgan fingerprint density at radius 2 is 1.86 bits per heavy atom. The zero-order valence-electron chi connectivity index (χ0n) is 16.8. The molecule has 0 bridgehead atoms. The van der Waals surface area contributed by atoms with E-state index in [1.807, 2.05) is 12.4 Å². The number of rotatable bonds is 5. The van der Waals surface area contributed by atoms with Crippen LogP contribution in [0.4, 0.5) is 0 Å². The zero-order valence-corrected chi connectivity index (χ0v) is 16.8. The summed E-state index contributed by atoms with van der Waals surface area (Å²) in [7, 11) is 1.63. The van der Waals surface area contributed by atoms with Gasteiger partial charge >= 0.3 is 0 Å². The first-order valence-corrected chi connectivity index (χ1v) is 9.69. The maximum atomic E-state index is 10.6. The Morgan fingerprint density at radius 1 is 1.10 bits per heavy atom. The van der Waals surface area contributed by atoms with Gasteiger partial charge in [-0.25, -0.2) is 9.97 Å². The van der Waals surface area contributed by atoms with Crippen LogP contribution < -0.4 is 4.74 Å². The molecule has 0 spiro atoms. The minimum absolute atomic E-state index is 0.187. The largest absolute Gasteiger partial charge is 0.504 e. The molecule has 0 fully saturated rings. The molecule has 0 unspecified atom stereocenters. The van der Waals surface area contributed by atoms with E-state index in [2.05, 4.69) is 52.1 Å². The SMILES string of the molecule is COCc1ncc(CN2CCOc3c(O)cc(-c4ccc(C)cc4)cc3C2)cn1. The Balaban J connectivity index is 1.56. The van der Waals surface area contributed by atoms with Crippen LogP contribution in [0.2, 0.25) is 0 Å². The quantitative estimate of drug-likeness (QED) is 0.715. The molecule has 2 aromatic carbocycles. The van der Waals surface area contributed by atoms with Crippen LogP contribution in [-0.2, 0) is 24.4 Å². The lowest BCUT2D eigenvalue weighted by Gasteiger charge is -2.19. The molecule has 1 aromatic heterocycles. The number of hydrogen-bond acceptors (Lipinski definition) is 6. The van der Waals surface area contributed by atoms with Gasteiger partial charge in [0.15, 0.2) is 17.3 Å². The summed E-state index contributed by atoms with van der Waals surface area (Å²) in [5.74, 6) is 1.44. The number of nitrogens with zero attached hydrogens (tertiary/aromatic N) is 3. The van der Waals surface area contributed by atoms with Crippen LogP contribution in [0.15, 0.2) is 48.8 Å². The molecule has 6 heteroatoms. The van der Waals surface area contributed by atoms with Crippen LogP contribution in [0, 0.1) is 6.92 Å².